The van der Waals surface area contributed by atoms with Crippen molar-refractivity contribution in [3.05, 3.63) is 0 Å². The van der Waals surface area contributed by atoms with E-state index >= 15 is 0 Å². The Hall–Kier alpha value is -2.32. The molecule has 0 saturated heterocycles. The number of aliphatic hydroxyl groups is 1. The first-order chi connectivity index (χ1) is 13.8. The maximum Gasteiger partial charge on any atom is 0.326 e. The number of carbonyl (C=O) groups is 4. The average molecular weight is 420 g/mol. The molecule has 0 unspecified atom stereocenters. The Bertz CT molecular complexity index is 520. The second kappa shape index (κ2) is 16.6. The van der Waals surface area contributed by atoms with Crippen LogP contribution in [-0.4, -0.2) is 98.5 Å². The smallest absolute Gasteiger partial charge is 0.326 e. The first-order valence-electron chi connectivity index (χ1n) is 9.23. The van der Waals surface area contributed by atoms with Crippen LogP contribution in [0, 0.1) is 0 Å². The minimum Gasteiger partial charge on any atom is -0.480 e. The van der Waals surface area contributed by atoms with Crippen LogP contribution in [0.2, 0.25) is 0 Å². The van der Waals surface area contributed by atoms with Crippen molar-refractivity contribution in [1.29, 1.82) is 0 Å². The zero-order valence-electron chi connectivity index (χ0n) is 16.3. The van der Waals surface area contributed by atoms with Gasteiger partial charge in [0.2, 0.25) is 17.7 Å². The molecule has 0 fully saturated rings. The van der Waals surface area contributed by atoms with E-state index in [-0.39, 0.29) is 32.8 Å². The average Bonchev–Trinajstić information content (AvgIpc) is 2.66. The topological polar surface area (TPSA) is 218 Å². The molecule has 0 aromatic carbocycles. The third-order valence-electron chi connectivity index (χ3n) is 3.50. The molecule has 0 aromatic rings. The summed E-state index contributed by atoms with van der Waals surface area (Å²) in [6.07, 6.45) is -0.837. The minimum atomic E-state index is -1.49. The summed E-state index contributed by atoms with van der Waals surface area (Å²) in [7, 11) is 0. The van der Waals surface area contributed by atoms with Crippen molar-refractivity contribution in [3.63, 3.8) is 0 Å². The summed E-state index contributed by atoms with van der Waals surface area (Å²) in [4.78, 5) is 46.8. The van der Waals surface area contributed by atoms with Gasteiger partial charge in [-0.15, -0.1) is 0 Å². The van der Waals surface area contributed by atoms with Crippen LogP contribution in [0.4, 0.5) is 0 Å². The van der Waals surface area contributed by atoms with Gasteiger partial charge in [-0.25, -0.2) is 4.79 Å². The standard InChI is InChI=1S/C16H32N6O7/c17-1-2-19-3-4-20-13(24)9-11(18)15(26)22-12(16(27)28)10-14(25)21-5-7-29-8-6-23/h11-12,19,23H,1-10,17-18H2,(H,20,24)(H,21,25)(H,22,26)(H,27,28)/t11-,12-/m0/s1. The van der Waals surface area contributed by atoms with Gasteiger partial charge in [-0.2, -0.15) is 0 Å². The lowest BCUT2D eigenvalue weighted by atomic mass is 10.1. The molecule has 29 heavy (non-hydrogen) atoms. The number of aliphatic carboxylic acids is 1. The van der Waals surface area contributed by atoms with Gasteiger partial charge < -0.3 is 47.7 Å². The molecule has 13 nitrogen and oxygen atoms in total. The van der Waals surface area contributed by atoms with E-state index in [2.05, 4.69) is 21.3 Å². The Morgan fingerprint density at radius 1 is 0.931 bits per heavy atom. The van der Waals surface area contributed by atoms with Crippen molar-refractivity contribution in [3.8, 4) is 0 Å². The van der Waals surface area contributed by atoms with E-state index in [9.17, 15) is 24.3 Å². The summed E-state index contributed by atoms with van der Waals surface area (Å²) >= 11 is 0. The molecule has 0 radical (unpaired) electrons. The summed E-state index contributed by atoms with van der Waals surface area (Å²) in [6.45, 7) is 2.16. The number of rotatable bonds is 17. The van der Waals surface area contributed by atoms with Crippen LogP contribution in [-0.2, 0) is 23.9 Å². The van der Waals surface area contributed by atoms with Gasteiger partial charge in [0.15, 0.2) is 0 Å². The van der Waals surface area contributed by atoms with Gasteiger partial charge in [-0.1, -0.05) is 0 Å². The number of hydrogen-bond donors (Lipinski definition) is 8. The van der Waals surface area contributed by atoms with Gasteiger partial charge in [0.05, 0.1) is 38.7 Å². The molecule has 0 spiro atoms. The fourth-order valence-electron chi connectivity index (χ4n) is 2.05. The lowest BCUT2D eigenvalue weighted by Crippen LogP contribution is -2.51. The van der Waals surface area contributed by atoms with Gasteiger partial charge in [0.1, 0.15) is 6.04 Å². The van der Waals surface area contributed by atoms with Crippen molar-refractivity contribution >= 4 is 23.7 Å². The second-order valence-corrected chi connectivity index (χ2v) is 5.99. The zero-order chi connectivity index (χ0) is 22.1. The van der Waals surface area contributed by atoms with Crippen molar-refractivity contribution in [2.45, 2.75) is 24.9 Å². The molecule has 0 saturated carbocycles. The highest BCUT2D eigenvalue weighted by Crippen LogP contribution is 1.96. The predicted octanol–water partition coefficient (Wildman–Crippen LogP) is -4.55. The Balaban J connectivity index is 4.28. The van der Waals surface area contributed by atoms with E-state index < -0.39 is 42.2 Å². The summed E-state index contributed by atoms with van der Waals surface area (Å²) < 4.78 is 4.95. The number of nitrogens with two attached hydrogens (primary N) is 2. The number of amides is 3. The SMILES string of the molecule is NCCNCCNC(=O)C[C@H](N)C(=O)N[C@@H](CC(=O)NCCOCCO)C(=O)O. The highest BCUT2D eigenvalue weighted by molar-refractivity contribution is 5.92. The van der Waals surface area contributed by atoms with Crippen molar-refractivity contribution in [2.75, 3.05) is 52.5 Å². The molecule has 0 aliphatic heterocycles. The number of aliphatic hydroxyl groups excluding tert-OH is 1. The highest BCUT2D eigenvalue weighted by atomic mass is 16.5. The van der Waals surface area contributed by atoms with Crippen LogP contribution in [0.3, 0.4) is 0 Å². The fraction of sp³-hybridized carbons (Fsp3) is 0.750. The Morgan fingerprint density at radius 3 is 2.21 bits per heavy atom. The number of carboxylic acids is 1. The van der Waals surface area contributed by atoms with Crippen LogP contribution >= 0.6 is 0 Å². The van der Waals surface area contributed by atoms with E-state index in [0.717, 1.165) is 0 Å². The van der Waals surface area contributed by atoms with Crippen LogP contribution < -0.4 is 32.7 Å². The number of carboxylic acid groups (broad SMARTS) is 1. The van der Waals surface area contributed by atoms with E-state index in [0.29, 0.717) is 26.2 Å². The highest BCUT2D eigenvalue weighted by Gasteiger charge is 2.26. The number of hydrogen-bond acceptors (Lipinski definition) is 9. The van der Waals surface area contributed by atoms with E-state index in [1.54, 1.807) is 0 Å². The molecule has 0 aromatic heterocycles. The molecular formula is C16H32N6O7. The van der Waals surface area contributed by atoms with Gasteiger partial charge >= 0.3 is 5.97 Å². The van der Waals surface area contributed by atoms with Gasteiger partial charge in [0.25, 0.3) is 0 Å². The fourth-order valence-corrected chi connectivity index (χ4v) is 2.05. The summed E-state index contributed by atoms with van der Waals surface area (Å²) in [5.41, 5.74) is 11.0. The number of nitrogens with one attached hydrogen (secondary N) is 4. The maximum absolute atomic E-state index is 12.0. The molecule has 10 N–H and O–H groups in total. The van der Waals surface area contributed by atoms with Crippen LogP contribution in [0.1, 0.15) is 12.8 Å². The molecule has 0 aliphatic rings. The van der Waals surface area contributed by atoms with Crippen molar-refractivity contribution < 1.29 is 34.1 Å². The van der Waals surface area contributed by atoms with Gasteiger partial charge in [-0.3, -0.25) is 14.4 Å². The lowest BCUT2D eigenvalue weighted by Gasteiger charge is -2.17. The number of carbonyl (C=O) groups excluding carboxylic acids is 3. The molecule has 3 amide bonds. The first kappa shape index (κ1) is 26.7. The van der Waals surface area contributed by atoms with E-state index in [1.807, 2.05) is 0 Å². The quantitative estimate of drug-likeness (QED) is 0.105. The van der Waals surface area contributed by atoms with E-state index in [1.165, 1.54) is 0 Å². The molecule has 0 aliphatic carbocycles. The maximum atomic E-state index is 12.0. The Labute approximate surface area is 168 Å². The largest absolute Gasteiger partial charge is 0.480 e. The molecule has 168 valence electrons. The minimum absolute atomic E-state index is 0.124. The van der Waals surface area contributed by atoms with Gasteiger partial charge in [-0.05, 0) is 0 Å². The third-order valence-corrected chi connectivity index (χ3v) is 3.50. The Morgan fingerprint density at radius 2 is 1.59 bits per heavy atom. The van der Waals surface area contributed by atoms with Crippen molar-refractivity contribution in [2.24, 2.45) is 11.5 Å². The molecule has 2 atom stereocenters. The molecular weight excluding hydrogens is 388 g/mol. The normalized spacial score (nSPS) is 12.7. The zero-order valence-corrected chi connectivity index (χ0v) is 16.3. The van der Waals surface area contributed by atoms with Crippen molar-refractivity contribution in [1.82, 2.24) is 21.3 Å². The van der Waals surface area contributed by atoms with E-state index in [4.69, 9.17) is 21.3 Å². The number of ether oxygens (including phenoxy) is 1. The molecule has 0 bridgehead atoms. The molecule has 0 heterocycles. The van der Waals surface area contributed by atoms with Crippen LogP contribution in [0.5, 0.6) is 0 Å². The third kappa shape index (κ3) is 14.3. The summed E-state index contributed by atoms with van der Waals surface area (Å²) in [6, 6.07) is -2.75. The molecule has 0 rings (SSSR count). The van der Waals surface area contributed by atoms with Gasteiger partial charge in [0, 0.05) is 32.7 Å². The molecule has 13 heteroatoms. The second-order valence-electron chi connectivity index (χ2n) is 5.99. The Kier molecular flexibility index (Phi) is 15.3. The summed E-state index contributed by atoms with van der Waals surface area (Å²) in [5, 5.41) is 27.9. The lowest BCUT2D eigenvalue weighted by molar-refractivity contribution is -0.143. The predicted molar refractivity (Wildman–Crippen MR) is 103 cm³/mol. The monoisotopic (exact) mass is 420 g/mol. The van der Waals surface area contributed by atoms with Crippen LogP contribution in [0.25, 0.3) is 0 Å². The summed E-state index contributed by atoms with van der Waals surface area (Å²) in [5.74, 6) is -3.34. The first-order valence-corrected chi connectivity index (χ1v) is 9.23. The van der Waals surface area contributed by atoms with Crippen LogP contribution in [0.15, 0.2) is 0 Å².